The van der Waals surface area contributed by atoms with Gasteiger partial charge in [-0.15, -0.1) is 0 Å². The molecule has 0 aromatic heterocycles. The third kappa shape index (κ3) is 1.62. The number of nitrogens with zero attached hydrogens (tertiary/aromatic N) is 1. The minimum atomic E-state index is -4.82. The molecule has 74 valence electrons. The van der Waals surface area contributed by atoms with Gasteiger partial charge in [-0.2, -0.15) is 18.4 Å². The molecule has 0 aliphatic carbocycles. The van der Waals surface area contributed by atoms with Crippen LogP contribution >= 0.6 is 0 Å². The monoisotopic (exact) mass is 204 g/mol. The molecule has 0 fully saturated rings. The molecule has 14 heavy (non-hydrogen) atoms. The zero-order chi connectivity index (χ0) is 10.9. The van der Waals surface area contributed by atoms with Crippen molar-refractivity contribution in [2.24, 2.45) is 0 Å². The Labute approximate surface area is 76.6 Å². The first-order valence-electron chi connectivity index (χ1n) is 3.43. The lowest BCUT2D eigenvalue weighted by Gasteiger charge is -2.11. The average Bonchev–Trinajstić information content (AvgIpc) is 2.06. The van der Waals surface area contributed by atoms with E-state index in [1.54, 1.807) is 0 Å². The first-order valence-corrected chi connectivity index (χ1v) is 3.43. The molecule has 2 nitrogen and oxygen atoms in total. The van der Waals surface area contributed by atoms with E-state index >= 15 is 0 Å². The predicted molar refractivity (Wildman–Crippen MR) is 40.5 cm³/mol. The fraction of sp³-hybridized carbons (Fsp3) is 0.125. The highest BCUT2D eigenvalue weighted by Crippen LogP contribution is 2.36. The van der Waals surface area contributed by atoms with Crippen LogP contribution in [0.15, 0.2) is 12.1 Å². The summed E-state index contributed by atoms with van der Waals surface area (Å²) in [7, 11) is 0. The molecule has 0 aliphatic heterocycles. The van der Waals surface area contributed by atoms with Gasteiger partial charge in [0, 0.05) is 5.69 Å². The summed E-state index contributed by atoms with van der Waals surface area (Å²) in [5.74, 6) is -1.23. The number of nitrogens with two attached hydrogens (primary N) is 1. The van der Waals surface area contributed by atoms with E-state index in [-0.39, 0.29) is 0 Å². The Morgan fingerprint density at radius 1 is 1.29 bits per heavy atom. The maximum absolute atomic E-state index is 12.8. The molecule has 0 bridgehead atoms. The fourth-order valence-corrected chi connectivity index (χ4v) is 1.01. The van der Waals surface area contributed by atoms with Gasteiger partial charge in [-0.05, 0) is 12.1 Å². The van der Waals surface area contributed by atoms with Gasteiger partial charge >= 0.3 is 6.18 Å². The van der Waals surface area contributed by atoms with Gasteiger partial charge in [-0.1, -0.05) is 0 Å². The smallest absolute Gasteiger partial charge is 0.398 e. The van der Waals surface area contributed by atoms with Crippen molar-refractivity contribution >= 4 is 5.69 Å². The average molecular weight is 204 g/mol. The Morgan fingerprint density at radius 2 is 1.86 bits per heavy atom. The van der Waals surface area contributed by atoms with Crippen LogP contribution in [0.25, 0.3) is 0 Å². The van der Waals surface area contributed by atoms with Crippen molar-refractivity contribution in [3.05, 3.63) is 29.1 Å². The van der Waals surface area contributed by atoms with Gasteiger partial charge in [0.2, 0.25) is 0 Å². The van der Waals surface area contributed by atoms with Gasteiger partial charge in [0.1, 0.15) is 17.4 Å². The maximum Gasteiger partial charge on any atom is 0.419 e. The van der Waals surface area contributed by atoms with Crippen molar-refractivity contribution in [2.75, 3.05) is 5.73 Å². The summed E-state index contributed by atoms with van der Waals surface area (Å²) in [6, 6.07) is 2.64. The summed E-state index contributed by atoms with van der Waals surface area (Å²) in [5.41, 5.74) is 1.87. The van der Waals surface area contributed by atoms with Gasteiger partial charge < -0.3 is 5.73 Å². The molecule has 0 saturated carbocycles. The van der Waals surface area contributed by atoms with Crippen molar-refractivity contribution in [1.82, 2.24) is 0 Å². The second-order valence-electron chi connectivity index (χ2n) is 2.50. The molecule has 6 heteroatoms. The molecule has 2 N–H and O–H groups in total. The zero-order valence-corrected chi connectivity index (χ0v) is 6.69. The molecule has 0 amide bonds. The van der Waals surface area contributed by atoms with Crippen molar-refractivity contribution in [3.8, 4) is 6.07 Å². The molecule has 0 saturated heterocycles. The highest BCUT2D eigenvalue weighted by atomic mass is 19.4. The first-order chi connectivity index (χ1) is 6.38. The summed E-state index contributed by atoms with van der Waals surface area (Å²) in [4.78, 5) is 0. The fourth-order valence-electron chi connectivity index (χ4n) is 1.01. The number of anilines is 1. The third-order valence-electron chi connectivity index (χ3n) is 1.58. The van der Waals surface area contributed by atoms with E-state index in [2.05, 4.69) is 0 Å². The Morgan fingerprint density at radius 3 is 2.21 bits per heavy atom. The Hall–Kier alpha value is -1.77. The van der Waals surface area contributed by atoms with Gasteiger partial charge in [0.15, 0.2) is 0 Å². The minimum absolute atomic E-state index is 0.657. The molecule has 0 spiro atoms. The van der Waals surface area contributed by atoms with Crippen LogP contribution in [0.1, 0.15) is 11.1 Å². The summed E-state index contributed by atoms with van der Waals surface area (Å²) in [6.07, 6.45) is -4.82. The van der Waals surface area contributed by atoms with Crippen LogP contribution in [-0.4, -0.2) is 0 Å². The quantitative estimate of drug-likeness (QED) is 0.520. The topological polar surface area (TPSA) is 49.8 Å². The largest absolute Gasteiger partial charge is 0.419 e. The molecule has 0 aliphatic rings. The molecule has 0 unspecified atom stereocenters. The van der Waals surface area contributed by atoms with E-state index < -0.39 is 28.8 Å². The van der Waals surface area contributed by atoms with Crippen molar-refractivity contribution in [2.45, 2.75) is 6.18 Å². The maximum atomic E-state index is 12.8. The molecule has 1 rings (SSSR count). The highest BCUT2D eigenvalue weighted by Gasteiger charge is 2.37. The van der Waals surface area contributed by atoms with E-state index in [0.29, 0.717) is 0 Å². The summed E-state index contributed by atoms with van der Waals surface area (Å²) in [5, 5.41) is 8.34. The lowest BCUT2D eigenvalue weighted by Crippen LogP contribution is -2.12. The van der Waals surface area contributed by atoms with Crippen LogP contribution in [0.5, 0.6) is 0 Å². The molecule has 0 heterocycles. The number of hydrogen-bond acceptors (Lipinski definition) is 2. The van der Waals surface area contributed by atoms with Crippen LogP contribution in [0.4, 0.5) is 23.2 Å². The van der Waals surface area contributed by atoms with Crippen LogP contribution in [0.3, 0.4) is 0 Å². The Kier molecular flexibility index (Phi) is 2.34. The number of hydrogen-bond donors (Lipinski definition) is 1. The summed E-state index contributed by atoms with van der Waals surface area (Å²) < 4.78 is 49.6. The standard InChI is InChI=1S/C8H4F4N2/c9-5-1-2-6(14)7(4(5)3-13)8(10,11)12/h1-2H,14H2. The first kappa shape index (κ1) is 10.3. The number of nitrogen functional groups attached to an aromatic ring is 1. The Balaban J connectivity index is 3.56. The van der Waals surface area contributed by atoms with Gasteiger partial charge in [0.05, 0.1) is 5.56 Å². The third-order valence-corrected chi connectivity index (χ3v) is 1.58. The van der Waals surface area contributed by atoms with E-state index in [9.17, 15) is 17.6 Å². The molecular weight excluding hydrogens is 200 g/mol. The molecule has 1 aromatic rings. The van der Waals surface area contributed by atoms with Crippen molar-refractivity contribution < 1.29 is 17.6 Å². The molecule has 0 atom stereocenters. The second kappa shape index (κ2) is 3.18. The van der Waals surface area contributed by atoms with E-state index in [1.807, 2.05) is 0 Å². The summed E-state index contributed by atoms with van der Waals surface area (Å²) in [6.45, 7) is 0. The second-order valence-corrected chi connectivity index (χ2v) is 2.50. The number of halogens is 4. The van der Waals surface area contributed by atoms with Crippen LogP contribution in [0.2, 0.25) is 0 Å². The highest BCUT2D eigenvalue weighted by molar-refractivity contribution is 5.57. The van der Waals surface area contributed by atoms with Gasteiger partial charge in [0.25, 0.3) is 0 Å². The minimum Gasteiger partial charge on any atom is -0.398 e. The van der Waals surface area contributed by atoms with E-state index in [1.165, 1.54) is 0 Å². The number of benzene rings is 1. The van der Waals surface area contributed by atoms with E-state index in [4.69, 9.17) is 11.0 Å². The zero-order valence-electron chi connectivity index (χ0n) is 6.69. The lowest BCUT2D eigenvalue weighted by atomic mass is 10.1. The lowest BCUT2D eigenvalue weighted by molar-refractivity contribution is -0.137. The van der Waals surface area contributed by atoms with Crippen molar-refractivity contribution in [3.63, 3.8) is 0 Å². The van der Waals surface area contributed by atoms with Crippen LogP contribution < -0.4 is 5.73 Å². The predicted octanol–water partition coefficient (Wildman–Crippen LogP) is 2.30. The van der Waals surface area contributed by atoms with Gasteiger partial charge in [-0.25, -0.2) is 4.39 Å². The van der Waals surface area contributed by atoms with E-state index in [0.717, 1.165) is 18.2 Å². The Bertz CT molecular complexity index is 403. The van der Waals surface area contributed by atoms with Gasteiger partial charge in [-0.3, -0.25) is 0 Å². The van der Waals surface area contributed by atoms with Crippen LogP contribution in [0, 0.1) is 17.1 Å². The molecule has 0 radical (unpaired) electrons. The SMILES string of the molecule is N#Cc1c(F)ccc(N)c1C(F)(F)F. The molecule has 1 aromatic carbocycles. The molecular formula is C8H4F4N2. The van der Waals surface area contributed by atoms with Crippen molar-refractivity contribution in [1.29, 1.82) is 5.26 Å². The summed E-state index contributed by atoms with van der Waals surface area (Å²) >= 11 is 0. The number of nitriles is 1. The number of alkyl halides is 3. The normalized spacial score (nSPS) is 11.1. The number of rotatable bonds is 0. The van der Waals surface area contributed by atoms with Crippen LogP contribution in [-0.2, 0) is 6.18 Å².